The number of morpholine rings is 1. The first-order valence-corrected chi connectivity index (χ1v) is 6.05. The number of aliphatic carboxylic acids is 1. The molecule has 1 aromatic rings. The fraction of sp³-hybridized carbons (Fsp3) is 0.600. The van der Waals surface area contributed by atoms with Crippen molar-refractivity contribution in [2.45, 2.75) is 19.1 Å². The van der Waals surface area contributed by atoms with E-state index in [-0.39, 0.29) is 12.5 Å². The molecule has 1 aromatic heterocycles. The van der Waals surface area contributed by atoms with Crippen molar-refractivity contribution in [2.75, 3.05) is 19.7 Å². The molecule has 0 aliphatic carbocycles. The van der Waals surface area contributed by atoms with Gasteiger partial charge in [0.2, 0.25) is 0 Å². The summed E-state index contributed by atoms with van der Waals surface area (Å²) in [5.74, 6) is -0.801. The standard InChI is InChI=1S/C10H14N2O3S/c13-10(14)3-8-5-12(1-2-15-8)6-9-4-11-7-16-9/h4,7-8H,1-3,5-6H2,(H,13,14). The van der Waals surface area contributed by atoms with Gasteiger partial charge in [0.05, 0.1) is 24.6 Å². The molecule has 1 unspecified atom stereocenters. The highest BCUT2D eigenvalue weighted by molar-refractivity contribution is 7.09. The zero-order valence-electron chi connectivity index (χ0n) is 8.83. The normalized spacial score (nSPS) is 22.1. The predicted molar refractivity (Wildman–Crippen MR) is 59.4 cm³/mol. The highest BCUT2D eigenvalue weighted by Crippen LogP contribution is 2.14. The van der Waals surface area contributed by atoms with Gasteiger partial charge in [-0.25, -0.2) is 0 Å². The van der Waals surface area contributed by atoms with Gasteiger partial charge in [-0.1, -0.05) is 0 Å². The van der Waals surface area contributed by atoms with E-state index in [0.29, 0.717) is 13.2 Å². The summed E-state index contributed by atoms with van der Waals surface area (Å²) in [6.07, 6.45) is 1.75. The van der Waals surface area contributed by atoms with Gasteiger partial charge in [-0.2, -0.15) is 0 Å². The number of thiazole rings is 1. The van der Waals surface area contributed by atoms with Crippen LogP contribution in [0.2, 0.25) is 0 Å². The third kappa shape index (κ3) is 3.26. The lowest BCUT2D eigenvalue weighted by atomic mass is 10.2. The Bertz CT molecular complexity index is 342. The first kappa shape index (κ1) is 11.5. The van der Waals surface area contributed by atoms with Gasteiger partial charge in [0.15, 0.2) is 0 Å². The Morgan fingerprint density at radius 2 is 2.62 bits per heavy atom. The molecule has 0 spiro atoms. The van der Waals surface area contributed by atoms with E-state index in [2.05, 4.69) is 9.88 Å². The number of rotatable bonds is 4. The average Bonchev–Trinajstić information content (AvgIpc) is 2.70. The predicted octanol–water partition coefficient (Wildman–Crippen LogP) is 0.819. The molecule has 88 valence electrons. The Hall–Kier alpha value is -0.980. The van der Waals surface area contributed by atoms with Gasteiger partial charge in [-0.15, -0.1) is 11.3 Å². The largest absolute Gasteiger partial charge is 0.481 e. The van der Waals surface area contributed by atoms with E-state index in [0.717, 1.165) is 13.1 Å². The van der Waals surface area contributed by atoms with E-state index in [4.69, 9.17) is 9.84 Å². The van der Waals surface area contributed by atoms with Crippen LogP contribution in [-0.4, -0.2) is 46.8 Å². The summed E-state index contributed by atoms with van der Waals surface area (Å²) in [5, 5.41) is 8.70. The van der Waals surface area contributed by atoms with Crippen LogP contribution in [0.3, 0.4) is 0 Å². The Kier molecular flexibility index (Phi) is 3.87. The Balaban J connectivity index is 1.84. The quantitative estimate of drug-likeness (QED) is 0.847. The molecule has 1 N–H and O–H groups in total. The molecule has 1 fully saturated rings. The molecule has 1 aliphatic rings. The van der Waals surface area contributed by atoms with Crippen molar-refractivity contribution >= 4 is 17.3 Å². The monoisotopic (exact) mass is 242 g/mol. The fourth-order valence-electron chi connectivity index (χ4n) is 1.78. The third-order valence-electron chi connectivity index (χ3n) is 2.49. The molecule has 1 aliphatic heterocycles. The smallest absolute Gasteiger partial charge is 0.306 e. The second-order valence-electron chi connectivity index (χ2n) is 3.79. The minimum absolute atomic E-state index is 0.0825. The summed E-state index contributed by atoms with van der Waals surface area (Å²) in [7, 11) is 0. The van der Waals surface area contributed by atoms with Gasteiger partial charge in [-0.3, -0.25) is 14.7 Å². The molecule has 0 amide bonds. The Morgan fingerprint density at radius 3 is 3.31 bits per heavy atom. The topological polar surface area (TPSA) is 62.7 Å². The van der Waals surface area contributed by atoms with Crippen LogP contribution < -0.4 is 0 Å². The second kappa shape index (κ2) is 5.38. The maximum absolute atomic E-state index is 10.6. The molecular formula is C10H14N2O3S. The molecule has 16 heavy (non-hydrogen) atoms. The van der Waals surface area contributed by atoms with Gasteiger partial charge < -0.3 is 9.84 Å². The zero-order valence-corrected chi connectivity index (χ0v) is 9.65. The highest BCUT2D eigenvalue weighted by Gasteiger charge is 2.22. The molecule has 0 aromatic carbocycles. The summed E-state index contributed by atoms with van der Waals surface area (Å²) < 4.78 is 5.40. The zero-order chi connectivity index (χ0) is 11.4. The SMILES string of the molecule is O=C(O)CC1CN(Cc2cncs2)CCO1. The molecular weight excluding hydrogens is 228 g/mol. The molecule has 1 saturated heterocycles. The summed E-state index contributed by atoms with van der Waals surface area (Å²) in [5.41, 5.74) is 1.81. The summed E-state index contributed by atoms with van der Waals surface area (Å²) in [4.78, 5) is 18.0. The van der Waals surface area contributed by atoms with Crippen LogP contribution in [-0.2, 0) is 16.1 Å². The molecule has 1 atom stereocenters. The van der Waals surface area contributed by atoms with Crippen molar-refractivity contribution in [1.82, 2.24) is 9.88 Å². The second-order valence-corrected chi connectivity index (χ2v) is 4.76. The number of nitrogens with zero attached hydrogens (tertiary/aromatic N) is 2. The highest BCUT2D eigenvalue weighted by atomic mass is 32.1. The van der Waals surface area contributed by atoms with Crippen molar-refractivity contribution < 1.29 is 14.6 Å². The van der Waals surface area contributed by atoms with E-state index in [9.17, 15) is 4.79 Å². The van der Waals surface area contributed by atoms with Gasteiger partial charge in [0, 0.05) is 30.7 Å². The van der Waals surface area contributed by atoms with Gasteiger partial charge >= 0.3 is 5.97 Å². The molecule has 2 heterocycles. The molecule has 0 saturated carbocycles. The van der Waals surface area contributed by atoms with Crippen molar-refractivity contribution in [2.24, 2.45) is 0 Å². The lowest BCUT2D eigenvalue weighted by Crippen LogP contribution is -2.42. The maximum atomic E-state index is 10.6. The number of hydrogen-bond acceptors (Lipinski definition) is 5. The number of carboxylic acids is 1. The first-order chi connectivity index (χ1) is 7.74. The van der Waals surface area contributed by atoms with E-state index in [1.54, 1.807) is 11.3 Å². The third-order valence-corrected chi connectivity index (χ3v) is 3.25. The summed E-state index contributed by atoms with van der Waals surface area (Å²) in [6.45, 7) is 2.99. The number of hydrogen-bond donors (Lipinski definition) is 1. The molecule has 0 radical (unpaired) electrons. The van der Waals surface area contributed by atoms with Crippen LogP contribution in [0.4, 0.5) is 0 Å². The molecule has 0 bridgehead atoms. The van der Waals surface area contributed by atoms with Gasteiger partial charge in [0.1, 0.15) is 0 Å². The van der Waals surface area contributed by atoms with Crippen LogP contribution in [0.1, 0.15) is 11.3 Å². The maximum Gasteiger partial charge on any atom is 0.306 e. The molecule has 6 heteroatoms. The lowest BCUT2D eigenvalue weighted by Gasteiger charge is -2.31. The van der Waals surface area contributed by atoms with Crippen LogP contribution in [0, 0.1) is 0 Å². The van der Waals surface area contributed by atoms with E-state index in [1.807, 2.05) is 11.7 Å². The Labute approximate surface area is 97.7 Å². The first-order valence-electron chi connectivity index (χ1n) is 5.17. The van der Waals surface area contributed by atoms with E-state index >= 15 is 0 Å². The fourth-order valence-corrected chi connectivity index (χ4v) is 2.42. The van der Waals surface area contributed by atoms with Gasteiger partial charge in [-0.05, 0) is 0 Å². The Morgan fingerprint density at radius 1 is 1.75 bits per heavy atom. The molecule has 5 nitrogen and oxygen atoms in total. The minimum atomic E-state index is -0.801. The number of ether oxygens (including phenoxy) is 1. The summed E-state index contributed by atoms with van der Waals surface area (Å²) in [6, 6.07) is 0. The number of aromatic nitrogens is 1. The van der Waals surface area contributed by atoms with Gasteiger partial charge in [0.25, 0.3) is 0 Å². The average molecular weight is 242 g/mol. The summed E-state index contributed by atoms with van der Waals surface area (Å²) >= 11 is 1.62. The number of carbonyl (C=O) groups is 1. The van der Waals surface area contributed by atoms with Crippen LogP contribution in [0.5, 0.6) is 0 Å². The molecule has 2 rings (SSSR count). The van der Waals surface area contributed by atoms with Crippen molar-refractivity contribution in [3.05, 3.63) is 16.6 Å². The van der Waals surface area contributed by atoms with Crippen LogP contribution in [0.15, 0.2) is 11.7 Å². The minimum Gasteiger partial charge on any atom is -0.481 e. The van der Waals surface area contributed by atoms with Crippen LogP contribution >= 0.6 is 11.3 Å². The van der Waals surface area contributed by atoms with E-state index in [1.165, 1.54) is 4.88 Å². The number of carboxylic acid groups (broad SMARTS) is 1. The van der Waals surface area contributed by atoms with E-state index < -0.39 is 5.97 Å². The van der Waals surface area contributed by atoms with Crippen molar-refractivity contribution in [3.63, 3.8) is 0 Å². The van der Waals surface area contributed by atoms with Crippen LogP contribution in [0.25, 0.3) is 0 Å². The van der Waals surface area contributed by atoms with Crippen molar-refractivity contribution in [1.29, 1.82) is 0 Å². The van der Waals surface area contributed by atoms with Crippen molar-refractivity contribution in [3.8, 4) is 0 Å². The lowest BCUT2D eigenvalue weighted by molar-refractivity contribution is -0.142.